The number of fused-ring (bicyclic) bond motifs is 1. The molecule has 2 aromatic rings. The molecule has 1 N–H and O–H groups in total. The number of rotatable bonds is 4. The first-order valence-corrected chi connectivity index (χ1v) is 10.7. The second kappa shape index (κ2) is 7.09. The highest BCUT2D eigenvalue weighted by atomic mass is 16.5. The molecular formula is C27H26NO3+. The van der Waals surface area contributed by atoms with Crippen LogP contribution in [-0.2, 0) is 14.9 Å². The van der Waals surface area contributed by atoms with Crippen LogP contribution in [0, 0.1) is 0 Å². The number of ketones is 1. The number of para-hydroxylation sites is 1. The number of carbonyl (C=O) groups is 1. The first kappa shape index (κ1) is 19.6. The molecule has 0 spiro atoms. The second-order valence-corrected chi connectivity index (χ2v) is 8.91. The summed E-state index contributed by atoms with van der Waals surface area (Å²) in [5, 5.41) is 10.7. The molecule has 3 aliphatic rings. The Kier molecular flexibility index (Phi) is 4.47. The third kappa shape index (κ3) is 3.05. The van der Waals surface area contributed by atoms with Crippen molar-refractivity contribution in [1.82, 2.24) is 0 Å². The zero-order valence-corrected chi connectivity index (χ0v) is 18.1. The van der Waals surface area contributed by atoms with Gasteiger partial charge in [0, 0.05) is 41.7 Å². The number of hydrogen-bond donors (Lipinski definition) is 1. The van der Waals surface area contributed by atoms with Crippen molar-refractivity contribution in [3.63, 3.8) is 0 Å². The number of Topliss-reactive ketones (excluding diaryl/α,β-unsaturated/α-hetero) is 1. The van der Waals surface area contributed by atoms with Crippen molar-refractivity contribution in [2.75, 3.05) is 7.05 Å². The average Bonchev–Trinajstić information content (AvgIpc) is 3.33. The van der Waals surface area contributed by atoms with Crippen molar-refractivity contribution in [2.24, 2.45) is 0 Å². The van der Waals surface area contributed by atoms with Crippen molar-refractivity contribution in [1.29, 1.82) is 0 Å². The normalized spacial score (nSPS) is 23.1. The van der Waals surface area contributed by atoms with E-state index in [2.05, 4.69) is 36.6 Å². The maximum Gasteiger partial charge on any atom is 0.209 e. The van der Waals surface area contributed by atoms with Crippen LogP contribution < -0.4 is 0 Å². The van der Waals surface area contributed by atoms with Crippen molar-refractivity contribution in [2.45, 2.75) is 38.2 Å². The van der Waals surface area contributed by atoms with Gasteiger partial charge in [0.15, 0.2) is 11.5 Å². The molecule has 0 fully saturated rings. The number of hydrogen-bond acceptors (Lipinski definition) is 3. The van der Waals surface area contributed by atoms with Crippen molar-refractivity contribution < 1.29 is 19.2 Å². The van der Waals surface area contributed by atoms with E-state index < -0.39 is 0 Å². The minimum atomic E-state index is -0.238. The monoisotopic (exact) mass is 412 g/mol. The minimum absolute atomic E-state index is 0.0816. The van der Waals surface area contributed by atoms with Crippen LogP contribution >= 0.6 is 0 Å². The summed E-state index contributed by atoms with van der Waals surface area (Å²) in [4.78, 5) is 12.9. The van der Waals surface area contributed by atoms with Crippen LogP contribution in [0.25, 0.3) is 5.76 Å². The lowest BCUT2D eigenvalue weighted by atomic mass is 9.78. The Hall–Kier alpha value is -3.40. The fourth-order valence-electron chi connectivity index (χ4n) is 4.85. The van der Waals surface area contributed by atoms with Crippen molar-refractivity contribution >= 4 is 22.9 Å². The van der Waals surface area contributed by atoms with Crippen molar-refractivity contribution in [3.05, 3.63) is 94.8 Å². The fraction of sp³-hybridized carbons (Fsp3) is 0.259. The van der Waals surface area contributed by atoms with Crippen LogP contribution in [0.15, 0.2) is 83.7 Å². The van der Waals surface area contributed by atoms with Gasteiger partial charge in [-0.25, -0.2) is 0 Å². The summed E-state index contributed by atoms with van der Waals surface area (Å²) in [6.07, 6.45) is 4.94. The lowest BCUT2D eigenvalue weighted by molar-refractivity contribution is -0.401. The number of carbonyl (C=O) groups excluding carboxylic acids is 1. The molecule has 4 nitrogen and oxygen atoms in total. The lowest BCUT2D eigenvalue weighted by Gasteiger charge is -2.24. The third-order valence-electron chi connectivity index (χ3n) is 6.63. The molecule has 2 aliphatic heterocycles. The molecule has 4 heteroatoms. The van der Waals surface area contributed by atoms with Crippen molar-refractivity contribution in [3.8, 4) is 0 Å². The first-order valence-electron chi connectivity index (χ1n) is 10.7. The quantitative estimate of drug-likeness (QED) is 0.552. The van der Waals surface area contributed by atoms with E-state index in [1.807, 2.05) is 55.6 Å². The molecule has 0 bridgehead atoms. The molecule has 156 valence electrons. The van der Waals surface area contributed by atoms with E-state index in [0.29, 0.717) is 17.6 Å². The van der Waals surface area contributed by atoms with Crippen LogP contribution in [0.1, 0.15) is 37.8 Å². The van der Waals surface area contributed by atoms with Gasteiger partial charge in [0.05, 0.1) is 11.0 Å². The summed E-state index contributed by atoms with van der Waals surface area (Å²) >= 11 is 0. The maximum absolute atomic E-state index is 12.9. The molecule has 2 aromatic carbocycles. The van der Waals surface area contributed by atoms with Gasteiger partial charge in [-0.1, -0.05) is 48.5 Å². The number of aliphatic hydroxyl groups is 1. The van der Waals surface area contributed by atoms with Gasteiger partial charge in [0.1, 0.15) is 24.7 Å². The van der Waals surface area contributed by atoms with Crippen LogP contribution in [0.4, 0.5) is 5.69 Å². The Morgan fingerprint density at radius 1 is 1.13 bits per heavy atom. The topological polar surface area (TPSA) is 49.5 Å². The van der Waals surface area contributed by atoms with Crippen LogP contribution in [0.2, 0.25) is 0 Å². The number of ether oxygens (including phenoxy) is 1. The highest BCUT2D eigenvalue weighted by molar-refractivity contribution is 6.22. The number of aliphatic hydroxyl groups excluding tert-OH is 1. The molecule has 5 rings (SSSR count). The van der Waals surface area contributed by atoms with Gasteiger partial charge in [-0.3, -0.25) is 4.79 Å². The molecular weight excluding hydrogens is 386 g/mol. The third-order valence-corrected chi connectivity index (χ3v) is 6.63. The smallest absolute Gasteiger partial charge is 0.209 e. The lowest BCUT2D eigenvalue weighted by Crippen LogP contribution is -2.31. The molecule has 31 heavy (non-hydrogen) atoms. The summed E-state index contributed by atoms with van der Waals surface area (Å²) in [6.45, 7) is 4.30. The summed E-state index contributed by atoms with van der Waals surface area (Å²) < 4.78 is 8.15. The highest BCUT2D eigenvalue weighted by Crippen LogP contribution is 2.41. The van der Waals surface area contributed by atoms with E-state index in [1.54, 1.807) is 0 Å². The van der Waals surface area contributed by atoms with Gasteiger partial charge in [-0.05, 0) is 19.9 Å². The molecule has 0 amide bonds. The van der Waals surface area contributed by atoms with E-state index in [1.165, 1.54) is 5.56 Å². The van der Waals surface area contributed by atoms with E-state index in [-0.39, 0.29) is 23.1 Å². The van der Waals surface area contributed by atoms with Gasteiger partial charge < -0.3 is 9.84 Å². The predicted octanol–water partition coefficient (Wildman–Crippen LogP) is 5.23. The fourth-order valence-corrected chi connectivity index (χ4v) is 4.85. The molecule has 0 saturated carbocycles. The Labute approximate surface area is 182 Å². The average molecular weight is 413 g/mol. The molecule has 0 aromatic heterocycles. The van der Waals surface area contributed by atoms with Crippen LogP contribution in [-0.4, -0.2) is 34.3 Å². The number of nitrogens with zero attached hydrogens (tertiary/aromatic N) is 1. The molecule has 1 unspecified atom stereocenters. The summed E-state index contributed by atoms with van der Waals surface area (Å²) in [6, 6.07) is 18.2. The number of benzene rings is 2. The van der Waals surface area contributed by atoms with Gasteiger partial charge in [-0.2, -0.15) is 4.58 Å². The predicted molar refractivity (Wildman–Crippen MR) is 122 cm³/mol. The Morgan fingerprint density at radius 2 is 1.84 bits per heavy atom. The van der Waals surface area contributed by atoms with Gasteiger partial charge in [-0.15, -0.1) is 0 Å². The van der Waals surface area contributed by atoms with Gasteiger partial charge in [0.2, 0.25) is 5.69 Å². The summed E-state index contributed by atoms with van der Waals surface area (Å²) in [5.74, 6) is 0.868. The minimum Gasteiger partial charge on any atom is -0.507 e. The molecule has 1 atom stereocenters. The van der Waals surface area contributed by atoms with Gasteiger partial charge >= 0.3 is 0 Å². The Bertz CT molecular complexity index is 1210. The number of allylic oxidation sites excluding steroid dienone is 2. The van der Waals surface area contributed by atoms with E-state index >= 15 is 0 Å². The van der Waals surface area contributed by atoms with Crippen LogP contribution in [0.5, 0.6) is 0 Å². The summed E-state index contributed by atoms with van der Waals surface area (Å²) in [5.41, 5.74) is 5.02. The zero-order valence-electron chi connectivity index (χ0n) is 18.1. The van der Waals surface area contributed by atoms with E-state index in [9.17, 15) is 9.90 Å². The molecule has 1 aliphatic carbocycles. The van der Waals surface area contributed by atoms with E-state index in [4.69, 9.17) is 4.74 Å². The molecule has 0 saturated heterocycles. The summed E-state index contributed by atoms with van der Waals surface area (Å²) in [7, 11) is 2.01. The maximum atomic E-state index is 12.9. The highest BCUT2D eigenvalue weighted by Gasteiger charge is 2.45. The SMILES string of the molecule is C[N+]1=C(C=C2C(=O)C(CC3CC=C(c4ccccc4)O3)=C2O)C(C)(C)c2ccccc21. The van der Waals surface area contributed by atoms with E-state index in [0.717, 1.165) is 29.1 Å². The first-order chi connectivity index (χ1) is 14.9. The Balaban J connectivity index is 1.35. The van der Waals surface area contributed by atoms with Gasteiger partial charge in [0.25, 0.3) is 0 Å². The largest absolute Gasteiger partial charge is 0.507 e. The molecule has 2 heterocycles. The zero-order chi connectivity index (χ0) is 21.8. The van der Waals surface area contributed by atoms with Crippen LogP contribution in [0.3, 0.4) is 0 Å². The Morgan fingerprint density at radius 3 is 2.55 bits per heavy atom. The molecule has 0 radical (unpaired) electrons. The second-order valence-electron chi connectivity index (χ2n) is 8.91. The standard InChI is InChI=1S/C27H25NO3/c1-27(2)21-11-7-8-12-22(21)28(3)24(27)16-20-25(29)19(26(20)30)15-18-13-14-23(31-18)17-9-5-4-6-10-17/h4-12,14,16,18H,13,15H2,1-3H3/p+1.